The summed E-state index contributed by atoms with van der Waals surface area (Å²) in [6.07, 6.45) is 1.68. The molecule has 1 aromatic heterocycles. The Kier molecular flexibility index (Phi) is 8.75. The van der Waals surface area contributed by atoms with Crippen LogP contribution in [0.4, 0.5) is 0 Å². The molecule has 1 atom stereocenters. The highest BCUT2D eigenvalue weighted by atomic mass is 35.5. The predicted octanol–water partition coefficient (Wildman–Crippen LogP) is 2.84. The van der Waals surface area contributed by atoms with Gasteiger partial charge in [0, 0.05) is 20.0 Å². The number of aromatic nitrogens is 2. The highest BCUT2D eigenvalue weighted by molar-refractivity contribution is 5.85. The fraction of sp³-hybridized carbons (Fsp3) is 0.529. The van der Waals surface area contributed by atoms with E-state index < -0.39 is 6.04 Å². The fourth-order valence-corrected chi connectivity index (χ4v) is 2.38. The zero-order valence-corrected chi connectivity index (χ0v) is 16.3. The van der Waals surface area contributed by atoms with Crippen molar-refractivity contribution < 1.29 is 4.79 Å². The number of aryl methyl sites for hydroxylation is 2. The first-order valence-electron chi connectivity index (χ1n) is 7.74. The third-order valence-electron chi connectivity index (χ3n) is 3.97. The minimum Gasteiger partial charge on any atom is -0.355 e. The summed E-state index contributed by atoms with van der Waals surface area (Å²) in [5.74, 6) is 0.952. The number of nitrogens with zero attached hydrogens (tertiary/aromatic N) is 2. The van der Waals surface area contributed by atoms with Crippen molar-refractivity contribution in [1.29, 1.82) is 0 Å². The lowest BCUT2D eigenvalue weighted by Gasteiger charge is -2.25. The van der Waals surface area contributed by atoms with Gasteiger partial charge in [-0.05, 0) is 24.0 Å². The number of rotatable bonds is 5. The molecule has 0 bridgehead atoms. The van der Waals surface area contributed by atoms with Crippen LogP contribution in [-0.4, -0.2) is 28.0 Å². The minimum atomic E-state index is -0.483. The number of hydrogen-bond acceptors (Lipinski definition) is 3. The molecular formula is C17H28Cl2N4O. The molecule has 5 nitrogen and oxygen atoms in total. The van der Waals surface area contributed by atoms with Crippen molar-refractivity contribution in [3.05, 3.63) is 30.1 Å². The summed E-state index contributed by atoms with van der Waals surface area (Å²) < 4.78 is 2.11. The molecule has 0 unspecified atom stereocenters. The zero-order chi connectivity index (χ0) is 16.3. The molecule has 0 aliphatic carbocycles. The Hall–Kier alpha value is -1.30. The quantitative estimate of drug-likeness (QED) is 0.790. The second-order valence-electron chi connectivity index (χ2n) is 6.81. The monoisotopic (exact) mass is 374 g/mol. The van der Waals surface area contributed by atoms with Crippen molar-refractivity contribution in [2.24, 2.45) is 18.2 Å². The molecule has 136 valence electrons. The van der Waals surface area contributed by atoms with Gasteiger partial charge in [0.25, 0.3) is 0 Å². The maximum atomic E-state index is 12.0. The van der Waals surface area contributed by atoms with Gasteiger partial charge in [-0.3, -0.25) is 4.79 Å². The van der Waals surface area contributed by atoms with Crippen molar-refractivity contribution in [3.63, 3.8) is 0 Å². The van der Waals surface area contributed by atoms with Gasteiger partial charge in [0.05, 0.1) is 17.1 Å². The Balaban J connectivity index is 0.00000264. The smallest absolute Gasteiger partial charge is 0.237 e. The summed E-state index contributed by atoms with van der Waals surface area (Å²) in [4.78, 5) is 16.6. The molecule has 0 aliphatic heterocycles. The number of carbonyl (C=O) groups excluding carboxylic acids is 1. The number of halogens is 2. The van der Waals surface area contributed by atoms with Crippen LogP contribution < -0.4 is 11.1 Å². The second-order valence-corrected chi connectivity index (χ2v) is 6.81. The lowest BCUT2D eigenvalue weighted by Crippen LogP contribution is -2.48. The number of para-hydroxylation sites is 2. The first-order valence-corrected chi connectivity index (χ1v) is 7.74. The Morgan fingerprint density at radius 1 is 1.29 bits per heavy atom. The molecule has 1 aromatic carbocycles. The number of nitrogens with one attached hydrogen (secondary N) is 1. The van der Waals surface area contributed by atoms with Crippen LogP contribution in [0.2, 0.25) is 0 Å². The van der Waals surface area contributed by atoms with Crippen molar-refractivity contribution >= 4 is 41.8 Å². The van der Waals surface area contributed by atoms with Crippen LogP contribution in [0.3, 0.4) is 0 Å². The molecule has 7 heteroatoms. The number of amides is 1. The van der Waals surface area contributed by atoms with Crippen molar-refractivity contribution in [2.45, 2.75) is 39.7 Å². The molecule has 2 aromatic rings. The molecule has 0 saturated carbocycles. The largest absolute Gasteiger partial charge is 0.355 e. The van der Waals surface area contributed by atoms with E-state index in [1.54, 1.807) is 0 Å². The molecule has 1 heterocycles. The van der Waals surface area contributed by atoms with E-state index >= 15 is 0 Å². The van der Waals surface area contributed by atoms with E-state index in [2.05, 4.69) is 20.9 Å². The molecular weight excluding hydrogens is 347 g/mol. The van der Waals surface area contributed by atoms with Crippen LogP contribution in [0.5, 0.6) is 0 Å². The molecule has 0 spiro atoms. The summed E-state index contributed by atoms with van der Waals surface area (Å²) in [6, 6.07) is 7.61. The fourth-order valence-electron chi connectivity index (χ4n) is 2.38. The van der Waals surface area contributed by atoms with Gasteiger partial charge in [-0.15, -0.1) is 24.8 Å². The number of imidazole rings is 1. The van der Waals surface area contributed by atoms with E-state index in [4.69, 9.17) is 5.73 Å². The maximum absolute atomic E-state index is 12.0. The van der Waals surface area contributed by atoms with E-state index in [-0.39, 0.29) is 36.1 Å². The van der Waals surface area contributed by atoms with E-state index in [1.165, 1.54) is 0 Å². The van der Waals surface area contributed by atoms with Crippen LogP contribution in [-0.2, 0) is 18.3 Å². The van der Waals surface area contributed by atoms with Crippen LogP contribution in [0.15, 0.2) is 24.3 Å². The Labute approximate surface area is 156 Å². The summed E-state index contributed by atoms with van der Waals surface area (Å²) in [6.45, 7) is 6.52. The lowest BCUT2D eigenvalue weighted by molar-refractivity contribution is -0.124. The highest BCUT2D eigenvalue weighted by Crippen LogP contribution is 2.17. The van der Waals surface area contributed by atoms with Gasteiger partial charge in [-0.2, -0.15) is 0 Å². The summed E-state index contributed by atoms with van der Waals surface area (Å²) >= 11 is 0. The molecule has 0 radical (unpaired) electrons. The van der Waals surface area contributed by atoms with E-state index in [9.17, 15) is 4.79 Å². The van der Waals surface area contributed by atoms with Crippen LogP contribution in [0.1, 0.15) is 33.0 Å². The minimum absolute atomic E-state index is 0. The second kappa shape index (κ2) is 9.25. The normalized spacial score (nSPS) is 12.2. The van der Waals surface area contributed by atoms with Crippen molar-refractivity contribution in [1.82, 2.24) is 14.9 Å². The first-order chi connectivity index (χ1) is 10.3. The molecule has 3 N–H and O–H groups in total. The van der Waals surface area contributed by atoms with Gasteiger partial charge in [-0.25, -0.2) is 4.98 Å². The van der Waals surface area contributed by atoms with Crippen LogP contribution in [0, 0.1) is 5.41 Å². The lowest BCUT2D eigenvalue weighted by atomic mass is 9.87. The highest BCUT2D eigenvalue weighted by Gasteiger charge is 2.26. The first kappa shape index (κ1) is 22.7. The Bertz CT molecular complexity index is 664. The Morgan fingerprint density at radius 2 is 1.92 bits per heavy atom. The number of fused-ring (bicyclic) bond motifs is 1. The predicted molar refractivity (Wildman–Crippen MR) is 104 cm³/mol. The van der Waals surface area contributed by atoms with Gasteiger partial charge in [0.1, 0.15) is 5.82 Å². The summed E-state index contributed by atoms with van der Waals surface area (Å²) in [5.41, 5.74) is 7.86. The van der Waals surface area contributed by atoms with Gasteiger partial charge in [0.15, 0.2) is 0 Å². The molecule has 0 aliphatic rings. The molecule has 0 fully saturated rings. The zero-order valence-electron chi connectivity index (χ0n) is 14.7. The number of nitrogens with two attached hydrogens (primary N) is 1. The maximum Gasteiger partial charge on any atom is 0.237 e. The van der Waals surface area contributed by atoms with E-state index in [0.717, 1.165) is 29.7 Å². The number of carbonyl (C=O) groups is 1. The van der Waals surface area contributed by atoms with Crippen LogP contribution in [0.25, 0.3) is 11.0 Å². The third kappa shape index (κ3) is 5.36. The summed E-state index contributed by atoms with van der Waals surface area (Å²) in [5, 5.41) is 2.91. The van der Waals surface area contributed by atoms with Crippen molar-refractivity contribution in [2.75, 3.05) is 6.54 Å². The van der Waals surface area contributed by atoms with E-state index in [0.29, 0.717) is 6.54 Å². The number of benzene rings is 1. The van der Waals surface area contributed by atoms with E-state index in [1.807, 2.05) is 46.0 Å². The van der Waals surface area contributed by atoms with Gasteiger partial charge >= 0.3 is 0 Å². The molecule has 2 rings (SSSR count). The van der Waals surface area contributed by atoms with Gasteiger partial charge < -0.3 is 15.6 Å². The number of hydrogen-bond donors (Lipinski definition) is 2. The third-order valence-corrected chi connectivity index (χ3v) is 3.97. The topological polar surface area (TPSA) is 72.9 Å². The van der Waals surface area contributed by atoms with Crippen LogP contribution >= 0.6 is 24.8 Å². The molecule has 1 amide bonds. The summed E-state index contributed by atoms with van der Waals surface area (Å²) in [7, 11) is 2.03. The molecule has 0 saturated heterocycles. The van der Waals surface area contributed by atoms with Gasteiger partial charge in [0.2, 0.25) is 5.91 Å². The molecule has 24 heavy (non-hydrogen) atoms. The average molecular weight is 375 g/mol. The van der Waals surface area contributed by atoms with Crippen molar-refractivity contribution in [3.8, 4) is 0 Å². The average Bonchev–Trinajstić information content (AvgIpc) is 2.78. The van der Waals surface area contributed by atoms with Gasteiger partial charge in [-0.1, -0.05) is 32.9 Å². The standard InChI is InChI=1S/C17H26N4O.2ClH/c1-17(2,3)15(18)16(22)19-11-7-10-14-20-12-8-5-6-9-13(12)21(14)4;;/h5-6,8-9,15H,7,10-11,18H2,1-4H3,(H,19,22);2*1H/t15-;;/m1../s1. The SMILES string of the molecule is Cl.Cl.Cn1c(CCCNC(=O)[C@@H](N)C(C)(C)C)nc2ccccc21. The Morgan fingerprint density at radius 3 is 2.50 bits per heavy atom.